The smallest absolute Gasteiger partial charge is 0.248 e. The molecule has 0 aliphatic carbocycles. The van der Waals surface area contributed by atoms with E-state index >= 15 is 0 Å². The van der Waals surface area contributed by atoms with Crippen LogP contribution in [0, 0.1) is 6.92 Å². The normalized spacial score (nSPS) is 11.1. The van der Waals surface area contributed by atoms with Crippen molar-refractivity contribution in [1.29, 1.82) is 0 Å². The minimum Gasteiger partial charge on any atom is -0.293 e. The lowest BCUT2D eigenvalue weighted by Gasteiger charge is -2.05. The van der Waals surface area contributed by atoms with Crippen LogP contribution in [-0.4, -0.2) is 20.9 Å². The average Bonchev–Trinajstić information content (AvgIpc) is 2.26. The highest BCUT2D eigenvalue weighted by molar-refractivity contribution is 7.89. The Hall–Kier alpha value is -1.44. The Kier molecular flexibility index (Phi) is 3.99. The van der Waals surface area contributed by atoms with Crippen molar-refractivity contribution in [2.75, 3.05) is 6.54 Å². The number of nitrogens with two attached hydrogens (primary N) is 1. The molecule has 0 atom stereocenters. The van der Waals surface area contributed by atoms with E-state index in [0.29, 0.717) is 0 Å². The fraction of sp³-hybridized carbons (Fsp3) is 0.222. The molecule has 0 unspecified atom stereocenters. The molecule has 16 heavy (non-hydrogen) atoms. The number of hydrazine groups is 1. The summed E-state index contributed by atoms with van der Waals surface area (Å²) < 4.78 is 25.4. The summed E-state index contributed by atoms with van der Waals surface area (Å²) in [7, 11) is -3.65. The van der Waals surface area contributed by atoms with E-state index in [0.717, 1.165) is 5.56 Å². The Balaban J connectivity index is 2.78. The first-order valence-corrected chi connectivity index (χ1v) is 6.00. The van der Waals surface area contributed by atoms with E-state index < -0.39 is 15.9 Å². The lowest BCUT2D eigenvalue weighted by atomic mass is 10.2. The maximum Gasteiger partial charge on any atom is 0.248 e. The van der Waals surface area contributed by atoms with Crippen molar-refractivity contribution >= 4 is 15.9 Å². The summed E-state index contributed by atoms with van der Waals surface area (Å²) >= 11 is 0. The van der Waals surface area contributed by atoms with Gasteiger partial charge in [0, 0.05) is 0 Å². The van der Waals surface area contributed by atoms with Crippen LogP contribution >= 0.6 is 0 Å². The maximum atomic E-state index is 11.6. The molecule has 0 fully saturated rings. The van der Waals surface area contributed by atoms with Crippen molar-refractivity contribution in [2.45, 2.75) is 11.8 Å². The molecule has 4 N–H and O–H groups in total. The summed E-state index contributed by atoms with van der Waals surface area (Å²) in [5.41, 5.74) is 2.79. The zero-order chi connectivity index (χ0) is 12.2. The summed E-state index contributed by atoms with van der Waals surface area (Å²) in [5.74, 6) is 4.22. The number of benzene rings is 1. The molecule has 0 saturated heterocycles. The Morgan fingerprint density at radius 2 is 1.88 bits per heavy atom. The van der Waals surface area contributed by atoms with Crippen LogP contribution in [-0.2, 0) is 14.8 Å². The van der Waals surface area contributed by atoms with E-state index in [-0.39, 0.29) is 11.4 Å². The van der Waals surface area contributed by atoms with Crippen molar-refractivity contribution in [3.8, 4) is 0 Å². The molecule has 88 valence electrons. The second-order valence-corrected chi connectivity index (χ2v) is 4.97. The lowest BCUT2D eigenvalue weighted by Crippen LogP contribution is -2.40. The number of hydrogen-bond donors (Lipinski definition) is 3. The fourth-order valence-electron chi connectivity index (χ4n) is 1.01. The van der Waals surface area contributed by atoms with Gasteiger partial charge in [-0.25, -0.2) is 19.0 Å². The Morgan fingerprint density at radius 1 is 1.31 bits per heavy atom. The third-order valence-corrected chi connectivity index (χ3v) is 3.33. The average molecular weight is 243 g/mol. The summed E-state index contributed by atoms with van der Waals surface area (Å²) in [4.78, 5) is 10.9. The third-order valence-electron chi connectivity index (χ3n) is 1.92. The van der Waals surface area contributed by atoms with Gasteiger partial charge in [0.2, 0.25) is 15.9 Å². The Morgan fingerprint density at radius 3 is 2.38 bits per heavy atom. The molecule has 7 heteroatoms. The highest BCUT2D eigenvalue weighted by atomic mass is 32.2. The van der Waals surface area contributed by atoms with Gasteiger partial charge in [0.25, 0.3) is 0 Å². The molecule has 0 heterocycles. The third kappa shape index (κ3) is 3.30. The zero-order valence-electron chi connectivity index (χ0n) is 8.73. The number of amides is 1. The van der Waals surface area contributed by atoms with Gasteiger partial charge >= 0.3 is 0 Å². The first kappa shape index (κ1) is 12.6. The zero-order valence-corrected chi connectivity index (χ0v) is 9.54. The van der Waals surface area contributed by atoms with Crippen molar-refractivity contribution in [1.82, 2.24) is 10.1 Å². The largest absolute Gasteiger partial charge is 0.293 e. The molecule has 1 aromatic rings. The summed E-state index contributed by atoms with van der Waals surface area (Å²) in [5, 5.41) is 0. The molecule has 0 aliphatic heterocycles. The summed E-state index contributed by atoms with van der Waals surface area (Å²) in [6.45, 7) is 1.47. The van der Waals surface area contributed by atoms with E-state index in [1.54, 1.807) is 12.1 Å². The first-order chi connectivity index (χ1) is 7.45. The standard InChI is InChI=1S/C9H13N3O3S/c1-7-2-4-8(5-3-7)16(14,15)11-6-9(13)12-10/h2-5,11H,6,10H2,1H3,(H,12,13). The van der Waals surface area contributed by atoms with Gasteiger partial charge < -0.3 is 0 Å². The van der Waals surface area contributed by atoms with Crippen LogP contribution in [0.2, 0.25) is 0 Å². The minimum absolute atomic E-state index is 0.114. The van der Waals surface area contributed by atoms with Gasteiger partial charge in [-0.3, -0.25) is 10.2 Å². The van der Waals surface area contributed by atoms with E-state index in [2.05, 4.69) is 4.72 Å². The van der Waals surface area contributed by atoms with Crippen molar-refractivity contribution < 1.29 is 13.2 Å². The molecule has 1 aromatic carbocycles. The quantitative estimate of drug-likeness (QED) is 0.368. The monoisotopic (exact) mass is 243 g/mol. The van der Waals surface area contributed by atoms with Crippen molar-refractivity contribution in [3.05, 3.63) is 29.8 Å². The number of nitrogens with one attached hydrogen (secondary N) is 2. The molecule has 0 saturated carbocycles. The van der Waals surface area contributed by atoms with Crippen LogP contribution in [0.5, 0.6) is 0 Å². The maximum absolute atomic E-state index is 11.6. The molecule has 0 radical (unpaired) electrons. The van der Waals surface area contributed by atoms with Gasteiger partial charge in [0.1, 0.15) is 0 Å². The van der Waals surface area contributed by atoms with Crippen LogP contribution in [0.3, 0.4) is 0 Å². The van der Waals surface area contributed by atoms with E-state index in [1.165, 1.54) is 12.1 Å². The molecule has 0 aromatic heterocycles. The number of hydrogen-bond acceptors (Lipinski definition) is 4. The van der Waals surface area contributed by atoms with Crippen LogP contribution < -0.4 is 16.0 Å². The highest BCUT2D eigenvalue weighted by Gasteiger charge is 2.14. The lowest BCUT2D eigenvalue weighted by molar-refractivity contribution is -0.120. The van der Waals surface area contributed by atoms with Gasteiger partial charge in [-0.05, 0) is 19.1 Å². The summed E-state index contributed by atoms with van der Waals surface area (Å²) in [6.07, 6.45) is 0. The molecular weight excluding hydrogens is 230 g/mol. The second kappa shape index (κ2) is 5.06. The SMILES string of the molecule is Cc1ccc(S(=O)(=O)NCC(=O)NN)cc1. The van der Waals surface area contributed by atoms with Crippen molar-refractivity contribution in [3.63, 3.8) is 0 Å². The van der Waals surface area contributed by atoms with Gasteiger partial charge in [0.15, 0.2) is 0 Å². The van der Waals surface area contributed by atoms with Gasteiger partial charge in [-0.1, -0.05) is 17.7 Å². The van der Waals surface area contributed by atoms with Crippen molar-refractivity contribution in [2.24, 2.45) is 5.84 Å². The highest BCUT2D eigenvalue weighted by Crippen LogP contribution is 2.09. The second-order valence-electron chi connectivity index (χ2n) is 3.21. The van der Waals surface area contributed by atoms with Crippen LogP contribution in [0.15, 0.2) is 29.2 Å². The van der Waals surface area contributed by atoms with Gasteiger partial charge in [0.05, 0.1) is 11.4 Å². The molecule has 1 rings (SSSR count). The fourth-order valence-corrected chi connectivity index (χ4v) is 1.99. The Bertz CT molecular complexity index is 467. The minimum atomic E-state index is -3.65. The van der Waals surface area contributed by atoms with Crippen LogP contribution in [0.4, 0.5) is 0 Å². The Labute approximate surface area is 93.9 Å². The van der Waals surface area contributed by atoms with E-state index in [4.69, 9.17) is 5.84 Å². The van der Waals surface area contributed by atoms with Gasteiger partial charge in [-0.15, -0.1) is 0 Å². The molecule has 0 bridgehead atoms. The summed E-state index contributed by atoms with van der Waals surface area (Å²) in [6, 6.07) is 6.30. The molecule has 1 amide bonds. The number of rotatable bonds is 4. The molecule has 0 aliphatic rings. The predicted octanol–water partition coefficient (Wildman–Crippen LogP) is -0.737. The van der Waals surface area contributed by atoms with Gasteiger partial charge in [-0.2, -0.15) is 0 Å². The number of sulfonamides is 1. The number of carbonyl (C=O) groups excluding carboxylic acids is 1. The van der Waals surface area contributed by atoms with Crippen LogP contribution in [0.25, 0.3) is 0 Å². The molecule has 0 spiro atoms. The molecular formula is C9H13N3O3S. The van der Waals surface area contributed by atoms with E-state index in [1.807, 2.05) is 12.3 Å². The topological polar surface area (TPSA) is 101 Å². The van der Waals surface area contributed by atoms with Crippen LogP contribution in [0.1, 0.15) is 5.56 Å². The van der Waals surface area contributed by atoms with E-state index in [9.17, 15) is 13.2 Å². The number of carbonyl (C=O) groups is 1. The molecule has 6 nitrogen and oxygen atoms in total. The first-order valence-electron chi connectivity index (χ1n) is 4.51. The predicted molar refractivity (Wildman–Crippen MR) is 58.7 cm³/mol. The number of aryl methyl sites for hydroxylation is 1.